The summed E-state index contributed by atoms with van der Waals surface area (Å²) < 4.78 is 5.83. The second-order valence-corrected chi connectivity index (χ2v) is 9.36. The zero-order valence-corrected chi connectivity index (χ0v) is 21.5. The van der Waals surface area contributed by atoms with E-state index >= 15 is 0 Å². The van der Waals surface area contributed by atoms with Gasteiger partial charge in [-0.3, -0.25) is 4.79 Å². The lowest BCUT2D eigenvalue weighted by Gasteiger charge is -2.26. The Morgan fingerprint density at radius 1 is 0.757 bits per heavy atom. The van der Waals surface area contributed by atoms with E-state index in [-0.39, 0.29) is 18.4 Å². The fourth-order valence-corrected chi connectivity index (χ4v) is 4.58. The first-order valence-electron chi connectivity index (χ1n) is 12.9. The molecule has 0 bridgehead atoms. The maximum Gasteiger partial charge on any atom is 0.248 e. The molecule has 0 saturated heterocycles. The van der Waals surface area contributed by atoms with E-state index in [0.717, 1.165) is 23.1 Å². The van der Waals surface area contributed by atoms with Crippen LogP contribution in [0.1, 0.15) is 41.5 Å². The third kappa shape index (κ3) is 8.30. The van der Waals surface area contributed by atoms with Gasteiger partial charge in [0.25, 0.3) is 0 Å². The maximum absolute atomic E-state index is 13.4. The first-order chi connectivity index (χ1) is 18.2. The molecule has 1 amide bonds. The molecule has 4 rings (SSSR count). The molecule has 0 aliphatic rings. The van der Waals surface area contributed by atoms with Crippen LogP contribution in [0.4, 0.5) is 0 Å². The molecular weight excluding hydrogens is 454 g/mol. The zero-order chi connectivity index (χ0) is 25.7. The minimum Gasteiger partial charge on any atom is -0.367 e. The summed E-state index contributed by atoms with van der Waals surface area (Å²) in [4.78, 5) is 15.3. The van der Waals surface area contributed by atoms with Gasteiger partial charge in [-0.15, -0.1) is 0 Å². The number of hydrogen-bond donors (Lipinski definition) is 0. The van der Waals surface area contributed by atoms with E-state index in [1.165, 1.54) is 11.1 Å². The van der Waals surface area contributed by atoms with Gasteiger partial charge in [-0.2, -0.15) is 0 Å². The van der Waals surface area contributed by atoms with Crippen molar-refractivity contribution in [3.8, 4) is 0 Å². The first kappa shape index (κ1) is 26.1. The highest BCUT2D eigenvalue weighted by atomic mass is 16.5. The fraction of sp³-hybridized carbons (Fsp3) is 0.206. The topological polar surface area (TPSA) is 29.5 Å². The van der Waals surface area contributed by atoms with Gasteiger partial charge in [0.05, 0.1) is 6.61 Å². The van der Waals surface area contributed by atoms with Crippen molar-refractivity contribution in [3.05, 3.63) is 149 Å². The van der Waals surface area contributed by atoms with Crippen molar-refractivity contribution < 1.29 is 9.53 Å². The number of carbonyl (C=O) groups is 1. The minimum atomic E-state index is 0.0108. The van der Waals surface area contributed by atoms with Gasteiger partial charge >= 0.3 is 0 Å². The molecule has 0 atom stereocenters. The molecule has 0 heterocycles. The van der Waals surface area contributed by atoms with Gasteiger partial charge < -0.3 is 9.64 Å². The van der Waals surface area contributed by atoms with Gasteiger partial charge in [0.15, 0.2) is 0 Å². The van der Waals surface area contributed by atoms with Gasteiger partial charge in [-0.1, -0.05) is 133 Å². The molecule has 0 aliphatic carbocycles. The van der Waals surface area contributed by atoms with Crippen LogP contribution in [-0.4, -0.2) is 30.5 Å². The second kappa shape index (κ2) is 14.0. The molecule has 0 fully saturated rings. The second-order valence-electron chi connectivity index (χ2n) is 9.36. The number of carbonyl (C=O) groups excluding carboxylic acids is 1. The van der Waals surface area contributed by atoms with Crippen LogP contribution in [0.3, 0.4) is 0 Å². The van der Waals surface area contributed by atoms with Crippen LogP contribution < -0.4 is 0 Å². The predicted octanol–water partition coefficient (Wildman–Crippen LogP) is 7.36. The molecule has 3 nitrogen and oxygen atoms in total. The lowest BCUT2D eigenvalue weighted by molar-refractivity contribution is -0.136. The monoisotopic (exact) mass is 489 g/mol. The number of ether oxygens (including phenoxy) is 1. The molecule has 0 radical (unpaired) electrons. The number of nitrogens with zero attached hydrogens (tertiary/aromatic N) is 1. The Kier molecular flexibility index (Phi) is 9.85. The Balaban J connectivity index is 1.48. The molecule has 3 heteroatoms. The summed E-state index contributed by atoms with van der Waals surface area (Å²) >= 11 is 0. The van der Waals surface area contributed by atoms with E-state index in [1.54, 1.807) is 0 Å². The average molecular weight is 490 g/mol. The number of benzene rings is 4. The lowest BCUT2D eigenvalue weighted by Crippen LogP contribution is -2.36. The zero-order valence-electron chi connectivity index (χ0n) is 21.5. The average Bonchev–Trinajstić information content (AvgIpc) is 2.95. The van der Waals surface area contributed by atoms with Crippen molar-refractivity contribution in [3.63, 3.8) is 0 Å². The SMILES string of the molecule is C/C(=C\c1ccccc1)CN(CCC(c1ccccc1)c1ccccc1)C(=O)COCc1ccccc1. The molecule has 37 heavy (non-hydrogen) atoms. The summed E-state index contributed by atoms with van der Waals surface area (Å²) in [7, 11) is 0. The molecule has 4 aromatic carbocycles. The molecule has 4 aromatic rings. The van der Waals surface area contributed by atoms with Crippen molar-refractivity contribution in [1.29, 1.82) is 0 Å². The fourth-order valence-electron chi connectivity index (χ4n) is 4.58. The Bertz CT molecular complexity index is 1200. The van der Waals surface area contributed by atoms with E-state index in [0.29, 0.717) is 19.7 Å². The highest BCUT2D eigenvalue weighted by Crippen LogP contribution is 2.28. The van der Waals surface area contributed by atoms with Crippen molar-refractivity contribution in [1.82, 2.24) is 4.90 Å². The highest BCUT2D eigenvalue weighted by Gasteiger charge is 2.19. The van der Waals surface area contributed by atoms with E-state index < -0.39 is 0 Å². The van der Waals surface area contributed by atoms with Crippen molar-refractivity contribution in [2.24, 2.45) is 0 Å². The van der Waals surface area contributed by atoms with Crippen LogP contribution in [0.5, 0.6) is 0 Å². The van der Waals surface area contributed by atoms with Crippen LogP contribution in [0.25, 0.3) is 6.08 Å². The van der Waals surface area contributed by atoms with Gasteiger partial charge in [0.1, 0.15) is 6.61 Å². The normalized spacial score (nSPS) is 11.5. The summed E-state index contributed by atoms with van der Waals surface area (Å²) in [5.74, 6) is 0.220. The number of rotatable bonds is 12. The number of amides is 1. The van der Waals surface area contributed by atoms with Crippen LogP contribution in [0.2, 0.25) is 0 Å². The van der Waals surface area contributed by atoms with Gasteiger partial charge in [-0.25, -0.2) is 0 Å². The maximum atomic E-state index is 13.4. The molecule has 0 aromatic heterocycles. The van der Waals surface area contributed by atoms with Crippen LogP contribution >= 0.6 is 0 Å². The van der Waals surface area contributed by atoms with Crippen LogP contribution in [0.15, 0.2) is 127 Å². The van der Waals surface area contributed by atoms with Crippen molar-refractivity contribution >= 4 is 12.0 Å². The Morgan fingerprint density at radius 2 is 1.27 bits per heavy atom. The van der Waals surface area contributed by atoms with Gasteiger partial charge in [-0.05, 0) is 35.6 Å². The highest BCUT2D eigenvalue weighted by molar-refractivity contribution is 5.78. The largest absolute Gasteiger partial charge is 0.367 e. The van der Waals surface area contributed by atoms with Gasteiger partial charge in [0.2, 0.25) is 5.91 Å². The third-order valence-electron chi connectivity index (χ3n) is 6.43. The smallest absolute Gasteiger partial charge is 0.248 e. The summed E-state index contributed by atoms with van der Waals surface area (Å²) in [6.45, 7) is 3.79. The summed E-state index contributed by atoms with van der Waals surface area (Å²) in [5, 5.41) is 0. The third-order valence-corrected chi connectivity index (χ3v) is 6.43. The minimum absolute atomic E-state index is 0.0108. The van der Waals surface area contributed by atoms with E-state index in [2.05, 4.69) is 73.7 Å². The predicted molar refractivity (Wildman–Crippen MR) is 152 cm³/mol. The number of hydrogen-bond acceptors (Lipinski definition) is 2. The van der Waals surface area contributed by atoms with E-state index in [4.69, 9.17) is 4.74 Å². The molecule has 0 saturated carbocycles. The molecular formula is C34H35NO2. The summed E-state index contributed by atoms with van der Waals surface area (Å²) in [6.07, 6.45) is 2.98. The molecule has 0 aliphatic heterocycles. The Labute approximate surface area is 221 Å². The molecule has 0 unspecified atom stereocenters. The lowest BCUT2D eigenvalue weighted by atomic mass is 9.88. The quantitative estimate of drug-likeness (QED) is 0.208. The Hall–Kier alpha value is -3.95. The van der Waals surface area contributed by atoms with E-state index in [9.17, 15) is 4.79 Å². The summed E-state index contributed by atoms with van der Waals surface area (Å²) in [5.41, 5.74) is 5.86. The molecule has 0 N–H and O–H groups in total. The Morgan fingerprint density at radius 3 is 1.84 bits per heavy atom. The molecule has 188 valence electrons. The first-order valence-corrected chi connectivity index (χ1v) is 12.9. The van der Waals surface area contributed by atoms with E-state index in [1.807, 2.05) is 65.6 Å². The van der Waals surface area contributed by atoms with Gasteiger partial charge in [0, 0.05) is 19.0 Å². The van der Waals surface area contributed by atoms with Crippen LogP contribution in [-0.2, 0) is 16.1 Å². The molecule has 0 spiro atoms. The van der Waals surface area contributed by atoms with Crippen LogP contribution in [0, 0.1) is 0 Å². The van der Waals surface area contributed by atoms with Crippen molar-refractivity contribution in [2.45, 2.75) is 25.9 Å². The standard InChI is InChI=1S/C34H35NO2/c1-28(24-29-14-6-2-7-15-29)25-35(34(36)27-37-26-30-16-8-3-9-17-30)23-22-33(31-18-10-4-11-19-31)32-20-12-5-13-21-32/h2-21,24,33H,22-23,25-27H2,1H3/b28-24+. The van der Waals surface area contributed by atoms with Crippen molar-refractivity contribution in [2.75, 3.05) is 19.7 Å². The summed E-state index contributed by atoms with van der Waals surface area (Å²) in [6, 6.07) is 41.3.